The van der Waals surface area contributed by atoms with Crippen LogP contribution in [0.25, 0.3) is 0 Å². The van der Waals surface area contributed by atoms with Crippen molar-refractivity contribution in [1.29, 1.82) is 0 Å². The second kappa shape index (κ2) is 9.59. The Balaban J connectivity index is 4.35. The molecule has 0 aliphatic carbocycles. The molecular weight excluding hydrogens is 260 g/mol. The van der Waals surface area contributed by atoms with Crippen molar-refractivity contribution in [2.75, 3.05) is 0 Å². The van der Waals surface area contributed by atoms with Gasteiger partial charge < -0.3 is 4.74 Å². The van der Waals surface area contributed by atoms with Gasteiger partial charge in [0.05, 0.1) is 5.92 Å². The van der Waals surface area contributed by atoms with E-state index in [1.807, 2.05) is 20.8 Å². The van der Waals surface area contributed by atoms with E-state index >= 15 is 0 Å². The Hall–Kier alpha value is -1.31. The van der Waals surface area contributed by atoms with Gasteiger partial charge >= 0.3 is 5.97 Å². The molecule has 2 heteroatoms. The largest absolute Gasteiger partial charge is 0.455 e. The van der Waals surface area contributed by atoms with E-state index in [1.165, 1.54) is 11.1 Å². The third kappa shape index (κ3) is 9.28. The van der Waals surface area contributed by atoms with E-state index in [4.69, 9.17) is 4.74 Å². The molecule has 0 fully saturated rings. The van der Waals surface area contributed by atoms with Gasteiger partial charge in [0.2, 0.25) is 0 Å². The van der Waals surface area contributed by atoms with Crippen molar-refractivity contribution in [2.24, 2.45) is 5.92 Å². The second-order valence-electron chi connectivity index (χ2n) is 6.50. The number of ether oxygens (including phenoxy) is 1. The van der Waals surface area contributed by atoms with Gasteiger partial charge in [-0.3, -0.25) is 4.79 Å². The molecule has 0 heterocycles. The van der Waals surface area contributed by atoms with Gasteiger partial charge in [-0.1, -0.05) is 43.7 Å². The fraction of sp³-hybridized carbons (Fsp3) is 0.632. The Morgan fingerprint density at radius 1 is 1.19 bits per heavy atom. The summed E-state index contributed by atoms with van der Waals surface area (Å²) >= 11 is 0. The molecule has 120 valence electrons. The predicted octanol–water partition coefficient (Wildman–Crippen LogP) is 5.60. The summed E-state index contributed by atoms with van der Waals surface area (Å²) in [5.41, 5.74) is 2.18. The highest BCUT2D eigenvalue weighted by atomic mass is 16.6. The standard InChI is InChI=1S/C19H32O2/c1-8-19(7,21-18(20)16(4)5)14-10-13-17(6)12-9-11-15(2)3/h8,11,13,16H,1,9-10,12,14H2,2-7H3/b17-13-/t19-/m0/s1. The minimum absolute atomic E-state index is 0.106. The maximum absolute atomic E-state index is 11.7. The van der Waals surface area contributed by atoms with Gasteiger partial charge in [-0.15, -0.1) is 0 Å². The molecule has 2 nitrogen and oxygen atoms in total. The molecule has 21 heavy (non-hydrogen) atoms. The fourth-order valence-corrected chi connectivity index (χ4v) is 1.84. The molecular formula is C19H32O2. The number of carbonyl (C=O) groups excluding carboxylic acids is 1. The van der Waals surface area contributed by atoms with Crippen molar-refractivity contribution in [1.82, 2.24) is 0 Å². The first-order valence-electron chi connectivity index (χ1n) is 7.85. The molecule has 0 aromatic rings. The van der Waals surface area contributed by atoms with E-state index < -0.39 is 5.60 Å². The van der Waals surface area contributed by atoms with Crippen LogP contribution < -0.4 is 0 Å². The zero-order valence-electron chi connectivity index (χ0n) is 14.7. The van der Waals surface area contributed by atoms with Crippen LogP contribution in [0.5, 0.6) is 0 Å². The first-order valence-corrected chi connectivity index (χ1v) is 7.85. The normalized spacial score (nSPS) is 14.5. The average Bonchev–Trinajstić information content (AvgIpc) is 2.38. The third-order valence-electron chi connectivity index (χ3n) is 3.46. The molecule has 1 atom stereocenters. The number of carbonyl (C=O) groups is 1. The average molecular weight is 292 g/mol. The fourth-order valence-electron chi connectivity index (χ4n) is 1.84. The topological polar surface area (TPSA) is 26.3 Å². The summed E-state index contributed by atoms with van der Waals surface area (Å²) in [5.74, 6) is -0.271. The van der Waals surface area contributed by atoms with Gasteiger partial charge in [0.15, 0.2) is 0 Å². The van der Waals surface area contributed by atoms with Crippen molar-refractivity contribution >= 4 is 5.97 Å². The summed E-state index contributed by atoms with van der Waals surface area (Å²) < 4.78 is 5.55. The Morgan fingerprint density at radius 3 is 2.29 bits per heavy atom. The van der Waals surface area contributed by atoms with Crippen LogP contribution in [-0.2, 0) is 9.53 Å². The van der Waals surface area contributed by atoms with Crippen LogP contribution in [0.15, 0.2) is 36.0 Å². The van der Waals surface area contributed by atoms with Gasteiger partial charge in [0.25, 0.3) is 0 Å². The summed E-state index contributed by atoms with van der Waals surface area (Å²) in [7, 11) is 0. The molecule has 0 unspecified atom stereocenters. The van der Waals surface area contributed by atoms with Crippen LogP contribution in [0.2, 0.25) is 0 Å². The number of esters is 1. The van der Waals surface area contributed by atoms with E-state index in [9.17, 15) is 4.79 Å². The van der Waals surface area contributed by atoms with Gasteiger partial charge in [0, 0.05) is 0 Å². The molecule has 0 aromatic heterocycles. The first kappa shape index (κ1) is 19.7. The zero-order chi connectivity index (χ0) is 16.5. The van der Waals surface area contributed by atoms with Gasteiger partial charge in [-0.2, -0.15) is 0 Å². The van der Waals surface area contributed by atoms with Crippen LogP contribution in [0.4, 0.5) is 0 Å². The lowest BCUT2D eigenvalue weighted by molar-refractivity contribution is -0.158. The highest BCUT2D eigenvalue weighted by molar-refractivity contribution is 5.72. The first-order chi connectivity index (χ1) is 9.70. The van der Waals surface area contributed by atoms with Crippen LogP contribution in [-0.4, -0.2) is 11.6 Å². The highest BCUT2D eigenvalue weighted by Gasteiger charge is 2.25. The van der Waals surface area contributed by atoms with Gasteiger partial charge in [0.1, 0.15) is 5.60 Å². The second-order valence-corrected chi connectivity index (χ2v) is 6.50. The molecule has 0 radical (unpaired) electrons. The van der Waals surface area contributed by atoms with Crippen LogP contribution >= 0.6 is 0 Å². The smallest absolute Gasteiger partial charge is 0.309 e. The van der Waals surface area contributed by atoms with E-state index in [2.05, 4.69) is 39.5 Å². The van der Waals surface area contributed by atoms with Crippen molar-refractivity contribution in [3.8, 4) is 0 Å². The van der Waals surface area contributed by atoms with Crippen LogP contribution in [0.3, 0.4) is 0 Å². The van der Waals surface area contributed by atoms with Crippen molar-refractivity contribution < 1.29 is 9.53 Å². The molecule has 0 amide bonds. The molecule has 0 spiro atoms. The molecule has 0 aliphatic rings. The SMILES string of the molecule is C=C[C@@](C)(CC/C=C(/C)CCC=C(C)C)OC(=O)C(C)C. The van der Waals surface area contributed by atoms with Crippen molar-refractivity contribution in [3.05, 3.63) is 36.0 Å². The maximum Gasteiger partial charge on any atom is 0.309 e. The summed E-state index contributed by atoms with van der Waals surface area (Å²) in [6, 6.07) is 0. The van der Waals surface area contributed by atoms with Gasteiger partial charge in [-0.05, 0) is 59.5 Å². The summed E-state index contributed by atoms with van der Waals surface area (Å²) in [5, 5.41) is 0. The Bertz CT molecular complexity index is 398. The number of hydrogen-bond donors (Lipinski definition) is 0. The zero-order valence-corrected chi connectivity index (χ0v) is 14.7. The quantitative estimate of drug-likeness (QED) is 0.408. The minimum Gasteiger partial charge on any atom is -0.455 e. The van der Waals surface area contributed by atoms with E-state index in [1.54, 1.807) is 6.08 Å². The Kier molecular flexibility index (Phi) is 9.00. The number of rotatable bonds is 9. The van der Waals surface area contributed by atoms with Crippen molar-refractivity contribution in [2.45, 2.75) is 72.8 Å². The van der Waals surface area contributed by atoms with Crippen molar-refractivity contribution in [3.63, 3.8) is 0 Å². The molecule has 0 bridgehead atoms. The van der Waals surface area contributed by atoms with E-state index in [0.29, 0.717) is 0 Å². The lowest BCUT2D eigenvalue weighted by Crippen LogP contribution is -2.31. The third-order valence-corrected chi connectivity index (χ3v) is 3.46. The molecule has 0 saturated carbocycles. The minimum atomic E-state index is -0.571. The highest BCUT2D eigenvalue weighted by Crippen LogP contribution is 2.22. The Labute approximate surface area is 131 Å². The van der Waals surface area contributed by atoms with Crippen LogP contribution in [0, 0.1) is 5.92 Å². The number of allylic oxidation sites excluding steroid dienone is 4. The molecule has 0 N–H and O–H groups in total. The van der Waals surface area contributed by atoms with E-state index in [0.717, 1.165) is 25.7 Å². The Morgan fingerprint density at radius 2 is 1.81 bits per heavy atom. The summed E-state index contributed by atoms with van der Waals surface area (Å²) in [6.45, 7) is 15.8. The van der Waals surface area contributed by atoms with Crippen LogP contribution in [0.1, 0.15) is 67.2 Å². The molecule has 0 aliphatic heterocycles. The predicted molar refractivity (Wildman–Crippen MR) is 91.2 cm³/mol. The summed E-state index contributed by atoms with van der Waals surface area (Å²) in [6.07, 6.45) is 10.1. The summed E-state index contributed by atoms with van der Waals surface area (Å²) in [4.78, 5) is 11.7. The molecule has 0 rings (SSSR count). The van der Waals surface area contributed by atoms with E-state index in [-0.39, 0.29) is 11.9 Å². The monoisotopic (exact) mass is 292 g/mol. The lowest BCUT2D eigenvalue weighted by Gasteiger charge is -2.26. The molecule has 0 aromatic carbocycles. The molecule has 0 saturated heterocycles. The maximum atomic E-state index is 11.7. The number of hydrogen-bond acceptors (Lipinski definition) is 2. The lowest BCUT2D eigenvalue weighted by atomic mass is 9.98. The van der Waals surface area contributed by atoms with Gasteiger partial charge in [-0.25, -0.2) is 0 Å².